The normalized spacial score (nSPS) is 20.0. The van der Waals surface area contributed by atoms with Gasteiger partial charge in [-0.05, 0) is 68.9 Å². The summed E-state index contributed by atoms with van der Waals surface area (Å²) in [5, 5.41) is 2.96. The van der Waals surface area contributed by atoms with Gasteiger partial charge in [0.1, 0.15) is 5.54 Å². The molecule has 168 valence electrons. The summed E-state index contributed by atoms with van der Waals surface area (Å²) in [4.78, 5) is 41.0. The van der Waals surface area contributed by atoms with Crippen LogP contribution in [0.25, 0.3) is 5.69 Å². The number of aromatic nitrogens is 1. The number of nitrogens with one attached hydrogen (secondary N) is 1. The van der Waals surface area contributed by atoms with E-state index >= 15 is 0 Å². The lowest BCUT2D eigenvalue weighted by molar-refractivity contribution is -0.131. The zero-order chi connectivity index (χ0) is 23.2. The van der Waals surface area contributed by atoms with Crippen molar-refractivity contribution in [1.82, 2.24) is 14.8 Å². The molecule has 3 aromatic rings. The average molecular weight is 442 g/mol. The molecular formula is C27H27N3O3. The van der Waals surface area contributed by atoms with Crippen LogP contribution in [0, 0.1) is 13.8 Å². The Balaban J connectivity index is 1.45. The van der Waals surface area contributed by atoms with Crippen LogP contribution in [0.15, 0.2) is 60.7 Å². The van der Waals surface area contributed by atoms with Gasteiger partial charge >= 0.3 is 6.03 Å². The topological polar surface area (TPSA) is 71.4 Å². The van der Waals surface area contributed by atoms with Crippen molar-refractivity contribution in [2.24, 2.45) is 0 Å². The molecule has 2 aliphatic rings. The van der Waals surface area contributed by atoms with Crippen molar-refractivity contribution in [3.05, 3.63) is 88.7 Å². The van der Waals surface area contributed by atoms with Crippen LogP contribution in [0.4, 0.5) is 4.79 Å². The number of nitrogens with zero attached hydrogens (tertiary/aromatic N) is 2. The number of ketones is 1. The standard InChI is InChI=1S/C27H27N3O3/c1-18-16-22(19(2)30(18)21-12-4-3-5-13-21)24(31)17-29-25(32)27(28-26(29)33)15-9-8-11-20-10-6-7-14-23(20)27/h3-7,10,12-14,16H,8-9,11,15,17H2,1-2H3,(H,28,33)/t27-/m0/s1. The smallest absolute Gasteiger partial charge is 0.319 e. The molecule has 1 aliphatic heterocycles. The van der Waals surface area contributed by atoms with Gasteiger partial charge in [0.05, 0.1) is 6.54 Å². The Hall–Kier alpha value is -3.67. The van der Waals surface area contributed by atoms with E-state index in [1.165, 1.54) is 0 Å². The summed E-state index contributed by atoms with van der Waals surface area (Å²) < 4.78 is 2.02. The molecular weight excluding hydrogens is 414 g/mol. The highest BCUT2D eigenvalue weighted by Crippen LogP contribution is 2.39. The van der Waals surface area contributed by atoms with Crippen molar-refractivity contribution < 1.29 is 14.4 Å². The Labute approximate surface area is 193 Å². The molecule has 1 saturated heterocycles. The molecule has 1 spiro atoms. The van der Waals surface area contributed by atoms with E-state index in [4.69, 9.17) is 0 Å². The van der Waals surface area contributed by atoms with Gasteiger partial charge in [0.2, 0.25) is 0 Å². The van der Waals surface area contributed by atoms with E-state index in [2.05, 4.69) is 5.32 Å². The summed E-state index contributed by atoms with van der Waals surface area (Å²) in [6.07, 6.45) is 3.22. The summed E-state index contributed by atoms with van der Waals surface area (Å²) >= 11 is 0. The number of Topliss-reactive ketones (excluding diaryl/α,β-unsaturated/α-hetero) is 1. The maximum absolute atomic E-state index is 13.6. The minimum absolute atomic E-state index is 0.243. The number of carbonyl (C=O) groups excluding carboxylic acids is 3. The molecule has 1 atom stereocenters. The van der Waals surface area contributed by atoms with Gasteiger partial charge in [-0.1, -0.05) is 42.5 Å². The second-order valence-electron chi connectivity index (χ2n) is 8.97. The summed E-state index contributed by atoms with van der Waals surface area (Å²) in [5.74, 6) is -0.570. The molecule has 6 nitrogen and oxygen atoms in total. The maximum atomic E-state index is 13.6. The number of carbonyl (C=O) groups is 3. The number of para-hydroxylation sites is 1. The van der Waals surface area contributed by atoms with E-state index in [-0.39, 0.29) is 18.2 Å². The third-order valence-corrected chi connectivity index (χ3v) is 6.95. The minimum atomic E-state index is -1.08. The van der Waals surface area contributed by atoms with E-state index in [1.54, 1.807) is 0 Å². The Morgan fingerprint density at radius 2 is 1.73 bits per heavy atom. The van der Waals surface area contributed by atoms with Crippen LogP contribution >= 0.6 is 0 Å². The highest BCUT2D eigenvalue weighted by Gasteiger charge is 2.53. The van der Waals surface area contributed by atoms with E-state index in [9.17, 15) is 14.4 Å². The van der Waals surface area contributed by atoms with Crippen LogP contribution in [0.3, 0.4) is 0 Å². The first-order valence-electron chi connectivity index (χ1n) is 11.4. The van der Waals surface area contributed by atoms with Crippen molar-refractivity contribution >= 4 is 17.7 Å². The van der Waals surface area contributed by atoms with Crippen molar-refractivity contribution in [2.45, 2.75) is 45.1 Å². The Morgan fingerprint density at radius 1 is 1.00 bits per heavy atom. The number of amides is 3. The lowest BCUT2D eigenvalue weighted by Gasteiger charge is -2.27. The number of fused-ring (bicyclic) bond motifs is 2. The quantitative estimate of drug-likeness (QED) is 0.480. The van der Waals surface area contributed by atoms with Crippen LogP contribution < -0.4 is 5.32 Å². The molecule has 2 heterocycles. The van der Waals surface area contributed by atoms with Gasteiger partial charge in [0.15, 0.2) is 5.78 Å². The predicted octanol–water partition coefficient (Wildman–Crippen LogP) is 4.45. The Kier molecular flexibility index (Phi) is 5.16. The van der Waals surface area contributed by atoms with Crippen molar-refractivity contribution in [3.8, 4) is 5.69 Å². The highest BCUT2D eigenvalue weighted by atomic mass is 16.2. The zero-order valence-corrected chi connectivity index (χ0v) is 18.9. The van der Waals surface area contributed by atoms with Crippen LogP contribution in [0.2, 0.25) is 0 Å². The Bertz CT molecular complexity index is 1260. The molecule has 2 aromatic carbocycles. The molecule has 6 heteroatoms. The molecule has 1 fully saturated rings. The number of hydrogen-bond donors (Lipinski definition) is 1. The highest BCUT2D eigenvalue weighted by molar-refractivity contribution is 6.11. The number of hydrogen-bond acceptors (Lipinski definition) is 3. The molecule has 33 heavy (non-hydrogen) atoms. The van der Waals surface area contributed by atoms with E-state index in [0.717, 1.165) is 52.4 Å². The average Bonchev–Trinajstić information content (AvgIpc) is 3.15. The summed E-state index contributed by atoms with van der Waals surface area (Å²) in [7, 11) is 0. The molecule has 1 N–H and O–H groups in total. The molecule has 0 unspecified atom stereocenters. The second kappa shape index (κ2) is 8.03. The van der Waals surface area contributed by atoms with Gasteiger partial charge in [0, 0.05) is 22.6 Å². The van der Waals surface area contributed by atoms with E-state index < -0.39 is 11.6 Å². The molecule has 0 bridgehead atoms. The number of imide groups is 1. The third kappa shape index (κ3) is 3.37. The lowest BCUT2D eigenvalue weighted by Crippen LogP contribution is -2.44. The fourth-order valence-corrected chi connectivity index (χ4v) is 5.36. The monoisotopic (exact) mass is 441 g/mol. The Morgan fingerprint density at radius 3 is 2.52 bits per heavy atom. The lowest BCUT2D eigenvalue weighted by atomic mass is 9.84. The summed E-state index contributed by atoms with van der Waals surface area (Å²) in [6.45, 7) is 3.57. The van der Waals surface area contributed by atoms with Gasteiger partial charge in [-0.25, -0.2) is 4.79 Å². The molecule has 5 rings (SSSR count). The predicted molar refractivity (Wildman–Crippen MR) is 125 cm³/mol. The largest absolute Gasteiger partial charge is 0.325 e. The van der Waals surface area contributed by atoms with E-state index in [0.29, 0.717) is 12.0 Å². The minimum Gasteiger partial charge on any atom is -0.319 e. The van der Waals surface area contributed by atoms with E-state index in [1.807, 2.05) is 79.1 Å². The number of urea groups is 1. The van der Waals surface area contributed by atoms with Crippen LogP contribution in [-0.2, 0) is 16.8 Å². The molecule has 1 aromatic heterocycles. The van der Waals surface area contributed by atoms with Crippen molar-refractivity contribution in [3.63, 3.8) is 0 Å². The third-order valence-electron chi connectivity index (χ3n) is 6.95. The van der Waals surface area contributed by atoms with Gasteiger partial charge in [0.25, 0.3) is 5.91 Å². The zero-order valence-electron chi connectivity index (χ0n) is 18.9. The maximum Gasteiger partial charge on any atom is 0.325 e. The van der Waals surface area contributed by atoms with Crippen LogP contribution in [-0.4, -0.2) is 33.7 Å². The fourth-order valence-electron chi connectivity index (χ4n) is 5.36. The van der Waals surface area contributed by atoms with Crippen LogP contribution in [0.1, 0.15) is 52.1 Å². The SMILES string of the molecule is Cc1cc(C(=O)CN2C(=O)N[C@]3(CCCCc4ccccc43)C2=O)c(C)n1-c1ccccc1. The molecule has 0 radical (unpaired) electrons. The number of benzene rings is 2. The first kappa shape index (κ1) is 21.2. The summed E-state index contributed by atoms with van der Waals surface area (Å²) in [5.41, 5.74) is 4.08. The van der Waals surface area contributed by atoms with Crippen molar-refractivity contribution in [2.75, 3.05) is 6.54 Å². The molecule has 1 aliphatic carbocycles. The number of rotatable bonds is 4. The van der Waals surface area contributed by atoms with Crippen molar-refractivity contribution in [1.29, 1.82) is 0 Å². The first-order valence-corrected chi connectivity index (χ1v) is 11.4. The second-order valence-corrected chi connectivity index (χ2v) is 8.97. The number of aryl methyl sites for hydroxylation is 2. The first-order chi connectivity index (χ1) is 15.9. The van der Waals surface area contributed by atoms with Gasteiger partial charge in [-0.3, -0.25) is 14.5 Å². The fraction of sp³-hybridized carbons (Fsp3) is 0.296. The van der Waals surface area contributed by atoms with Crippen LogP contribution in [0.5, 0.6) is 0 Å². The summed E-state index contributed by atoms with van der Waals surface area (Å²) in [6, 6.07) is 19.0. The molecule has 3 amide bonds. The molecule has 0 saturated carbocycles. The van der Waals surface area contributed by atoms with Gasteiger partial charge < -0.3 is 9.88 Å². The van der Waals surface area contributed by atoms with Gasteiger partial charge in [-0.2, -0.15) is 0 Å². The van der Waals surface area contributed by atoms with Gasteiger partial charge in [-0.15, -0.1) is 0 Å².